The molecule has 3 aromatic rings. The monoisotopic (exact) mass is 440 g/mol. The third kappa shape index (κ3) is 6.35. The van der Waals surface area contributed by atoms with E-state index >= 15 is 0 Å². The molecular formula is C29H37AlN2. The maximum atomic E-state index is 4.75. The molecule has 0 aliphatic carbocycles. The van der Waals surface area contributed by atoms with Crippen LogP contribution < -0.4 is 4.30 Å². The Morgan fingerprint density at radius 1 is 0.844 bits per heavy atom. The third-order valence-corrected chi connectivity index (χ3v) is 7.88. The minimum Gasteiger partial charge on any atom is -0.476 e. The standard InChI is InChI=1S/C16H16N.C12H18N.CH3.Al/c1-3-14-8-10-16(11-9-14)17-12-15-7-5-4-6-13(15)2;1-8(2)10-6-5-7-11(9(3)4)12(10)13;;/h4-12H,2-3H2,1H3;5-9,13H,1-4H3;1H3;/q;-1;;+1. The third-order valence-electron chi connectivity index (χ3n) is 6.04. The number of nitrogens with one attached hydrogen (secondary N) is 1. The molecule has 0 bridgehead atoms. The van der Waals surface area contributed by atoms with Gasteiger partial charge in [-0.3, -0.25) is 4.99 Å². The van der Waals surface area contributed by atoms with Crippen molar-refractivity contribution in [2.75, 3.05) is 4.30 Å². The van der Waals surface area contributed by atoms with Crippen LogP contribution in [0.1, 0.15) is 74.3 Å². The topological polar surface area (TPSA) is 24.4 Å². The number of benzene rings is 3. The predicted octanol–water partition coefficient (Wildman–Crippen LogP) is 8.06. The lowest BCUT2D eigenvalue weighted by Gasteiger charge is -2.23. The van der Waals surface area contributed by atoms with Crippen LogP contribution in [0.25, 0.3) is 0 Å². The number of para-hydroxylation sites is 1. The molecule has 0 saturated heterocycles. The molecule has 3 rings (SSSR count). The summed E-state index contributed by atoms with van der Waals surface area (Å²) in [5.74, 6) is 3.44. The Labute approximate surface area is 199 Å². The first-order chi connectivity index (χ1) is 15.4. The van der Waals surface area contributed by atoms with Gasteiger partial charge in [0.15, 0.2) is 0 Å². The molecular weight excluding hydrogens is 403 g/mol. The van der Waals surface area contributed by atoms with E-state index in [0.717, 1.165) is 17.4 Å². The van der Waals surface area contributed by atoms with Gasteiger partial charge >= 0.3 is 14.4 Å². The number of rotatable bonds is 9. The van der Waals surface area contributed by atoms with Crippen molar-refractivity contribution in [1.29, 1.82) is 0 Å². The van der Waals surface area contributed by atoms with Crippen molar-refractivity contribution in [2.24, 2.45) is 4.99 Å². The zero-order valence-corrected chi connectivity index (χ0v) is 21.7. The highest BCUT2D eigenvalue weighted by atomic mass is 27.2. The van der Waals surface area contributed by atoms with Gasteiger partial charge < -0.3 is 4.30 Å². The minimum absolute atomic E-state index is 0.510. The van der Waals surface area contributed by atoms with Crippen LogP contribution in [0.15, 0.2) is 71.7 Å². The van der Waals surface area contributed by atoms with Crippen molar-refractivity contribution in [1.82, 2.24) is 0 Å². The van der Waals surface area contributed by atoms with Gasteiger partial charge in [0.1, 0.15) is 0 Å². The van der Waals surface area contributed by atoms with E-state index in [0.29, 0.717) is 11.8 Å². The normalized spacial score (nSPS) is 11.5. The van der Waals surface area contributed by atoms with Gasteiger partial charge in [-0.1, -0.05) is 101 Å². The quantitative estimate of drug-likeness (QED) is 0.264. The number of nitrogens with zero attached hydrogens (tertiary/aromatic N) is 1. The summed E-state index contributed by atoms with van der Waals surface area (Å²) in [6.07, 6.45) is 3.08. The second-order valence-corrected chi connectivity index (χ2v) is 11.8. The highest BCUT2D eigenvalue weighted by Crippen LogP contribution is 2.32. The number of aliphatic imine (C=N–C) groups is 1. The first kappa shape index (κ1) is 24.3. The Balaban J connectivity index is 1.79. The SMILES string of the molecule is CCc1ccc(N=Cc2ccccc2[CH2][Al]([CH3])[NH]c2c(C(C)C)cccc2C(C)C)cc1. The fraction of sp³-hybridized carbons (Fsp3) is 0.345. The lowest BCUT2D eigenvalue weighted by molar-refractivity contribution is 0.839. The highest BCUT2D eigenvalue weighted by molar-refractivity contribution is 6.60. The minimum atomic E-state index is -1.24. The fourth-order valence-electron chi connectivity index (χ4n) is 4.15. The van der Waals surface area contributed by atoms with Crippen LogP contribution in [0.5, 0.6) is 0 Å². The van der Waals surface area contributed by atoms with E-state index < -0.39 is 14.4 Å². The molecule has 0 radical (unpaired) electrons. The maximum Gasteiger partial charge on any atom is 0.412 e. The molecule has 0 aliphatic heterocycles. The number of hydrogen-bond acceptors (Lipinski definition) is 2. The number of hydrogen-bond donors (Lipinski definition) is 1. The summed E-state index contributed by atoms with van der Waals surface area (Å²) in [5.41, 5.74) is 9.18. The summed E-state index contributed by atoms with van der Waals surface area (Å²) in [7, 11) is 0. The average molecular weight is 441 g/mol. The molecule has 3 aromatic carbocycles. The van der Waals surface area contributed by atoms with Crippen LogP contribution >= 0.6 is 0 Å². The molecule has 0 aliphatic rings. The van der Waals surface area contributed by atoms with Gasteiger partial charge in [0.2, 0.25) is 0 Å². The van der Waals surface area contributed by atoms with Crippen molar-refractivity contribution in [3.63, 3.8) is 0 Å². The molecule has 2 nitrogen and oxygen atoms in total. The molecule has 0 unspecified atom stereocenters. The van der Waals surface area contributed by atoms with Gasteiger partial charge in [-0.25, -0.2) is 0 Å². The molecule has 32 heavy (non-hydrogen) atoms. The lowest BCUT2D eigenvalue weighted by atomic mass is 9.93. The average Bonchev–Trinajstić information content (AvgIpc) is 2.78. The number of aryl methyl sites for hydroxylation is 1. The van der Waals surface area contributed by atoms with Gasteiger partial charge in [-0.2, -0.15) is 0 Å². The first-order valence-electron chi connectivity index (χ1n) is 12.0. The Morgan fingerprint density at radius 3 is 2.06 bits per heavy atom. The fourth-order valence-corrected chi connectivity index (χ4v) is 6.11. The van der Waals surface area contributed by atoms with Crippen LogP contribution in [-0.4, -0.2) is 20.6 Å². The maximum absolute atomic E-state index is 4.75. The molecule has 0 aromatic heterocycles. The van der Waals surface area contributed by atoms with Crippen molar-refractivity contribution in [3.05, 3.63) is 94.5 Å². The molecule has 3 heteroatoms. The van der Waals surface area contributed by atoms with E-state index in [2.05, 4.69) is 111 Å². The second-order valence-electron chi connectivity index (χ2n) is 9.35. The smallest absolute Gasteiger partial charge is 0.412 e. The van der Waals surface area contributed by atoms with Crippen LogP contribution in [-0.2, 0) is 11.7 Å². The molecule has 0 heterocycles. The van der Waals surface area contributed by atoms with Gasteiger partial charge in [-0.05, 0) is 57.9 Å². The van der Waals surface area contributed by atoms with Crippen molar-refractivity contribution < 1.29 is 0 Å². The Morgan fingerprint density at radius 2 is 1.47 bits per heavy atom. The van der Waals surface area contributed by atoms with E-state index in [4.69, 9.17) is 4.99 Å². The van der Waals surface area contributed by atoms with Gasteiger partial charge in [0.05, 0.1) is 5.69 Å². The molecule has 0 amide bonds. The van der Waals surface area contributed by atoms with Gasteiger partial charge in [0.25, 0.3) is 0 Å². The zero-order valence-electron chi connectivity index (χ0n) is 20.5. The van der Waals surface area contributed by atoms with E-state index in [1.54, 1.807) is 0 Å². The van der Waals surface area contributed by atoms with E-state index in [-0.39, 0.29) is 0 Å². The van der Waals surface area contributed by atoms with E-state index in [9.17, 15) is 0 Å². The van der Waals surface area contributed by atoms with Crippen LogP contribution in [0.3, 0.4) is 0 Å². The van der Waals surface area contributed by atoms with E-state index in [1.807, 2.05) is 6.21 Å². The molecule has 166 valence electrons. The van der Waals surface area contributed by atoms with Crippen LogP contribution in [0, 0.1) is 0 Å². The van der Waals surface area contributed by atoms with Crippen molar-refractivity contribution in [2.45, 2.75) is 63.9 Å². The number of anilines is 1. The molecule has 0 fully saturated rings. The Kier molecular flexibility index (Phi) is 8.74. The summed E-state index contributed by atoms with van der Waals surface area (Å²) in [4.78, 5) is 4.75. The molecule has 1 N–H and O–H groups in total. The second kappa shape index (κ2) is 11.5. The van der Waals surface area contributed by atoms with Crippen LogP contribution in [0.4, 0.5) is 11.4 Å². The molecule has 0 atom stereocenters. The first-order valence-corrected chi connectivity index (χ1v) is 14.5. The van der Waals surface area contributed by atoms with Gasteiger partial charge in [-0.15, -0.1) is 0 Å². The zero-order chi connectivity index (χ0) is 23.1. The van der Waals surface area contributed by atoms with Gasteiger partial charge in [0, 0.05) is 11.9 Å². The summed E-state index contributed by atoms with van der Waals surface area (Å²) in [6.45, 7) is 11.3. The summed E-state index contributed by atoms with van der Waals surface area (Å²) in [6, 6.07) is 24.0. The molecule has 0 saturated carbocycles. The highest BCUT2D eigenvalue weighted by Gasteiger charge is 2.20. The van der Waals surface area contributed by atoms with E-state index in [1.165, 1.54) is 33.5 Å². The van der Waals surface area contributed by atoms with Crippen LogP contribution in [0.2, 0.25) is 5.79 Å². The Bertz CT molecular complexity index is 1010. The summed E-state index contributed by atoms with van der Waals surface area (Å²) in [5, 5.41) is 1.08. The van der Waals surface area contributed by atoms with Crippen molar-refractivity contribution in [3.8, 4) is 0 Å². The Hall–Kier alpha value is -2.34. The van der Waals surface area contributed by atoms with Crippen molar-refractivity contribution >= 4 is 32.0 Å². The summed E-state index contributed by atoms with van der Waals surface area (Å²) >= 11 is -1.24. The largest absolute Gasteiger partial charge is 0.476 e. The lowest BCUT2D eigenvalue weighted by Crippen LogP contribution is -2.26. The molecule has 0 spiro atoms. The predicted molar refractivity (Wildman–Crippen MR) is 143 cm³/mol. The summed E-state index contributed by atoms with van der Waals surface area (Å²) < 4.78 is 4.00.